The van der Waals surface area contributed by atoms with E-state index in [1.165, 1.54) is 0 Å². The fourth-order valence-electron chi connectivity index (χ4n) is 1.23. The summed E-state index contributed by atoms with van der Waals surface area (Å²) in [6, 6.07) is 7.01. The quantitative estimate of drug-likeness (QED) is 0.478. The smallest absolute Gasteiger partial charge is 0.212 e. The molecule has 0 aromatic heterocycles. The Bertz CT molecular complexity index is 400. The summed E-state index contributed by atoms with van der Waals surface area (Å²) in [6.07, 6.45) is 1.55. The van der Waals surface area contributed by atoms with E-state index < -0.39 is 0 Å². The number of phenolic OH excluding ortho intramolecular Hbond substituents is 1. The predicted molar refractivity (Wildman–Crippen MR) is 59.1 cm³/mol. The van der Waals surface area contributed by atoms with Crippen molar-refractivity contribution in [3.63, 3.8) is 0 Å². The van der Waals surface area contributed by atoms with Crippen LogP contribution in [0.5, 0.6) is 5.75 Å². The zero-order valence-corrected chi connectivity index (χ0v) is 8.14. The van der Waals surface area contributed by atoms with Gasteiger partial charge in [0.15, 0.2) is 0 Å². The number of hydrazone groups is 1. The number of rotatable bonds is 2. The lowest BCUT2D eigenvalue weighted by Crippen LogP contribution is -2.30. The Balaban J connectivity index is 1.96. The van der Waals surface area contributed by atoms with Gasteiger partial charge >= 0.3 is 0 Å². The van der Waals surface area contributed by atoms with Crippen molar-refractivity contribution >= 4 is 12.2 Å². The highest BCUT2D eigenvalue weighted by Crippen LogP contribution is 2.12. The average molecular weight is 204 g/mol. The van der Waals surface area contributed by atoms with Crippen molar-refractivity contribution in [3.05, 3.63) is 29.8 Å². The summed E-state index contributed by atoms with van der Waals surface area (Å²) in [5.74, 6) is 0.881. The van der Waals surface area contributed by atoms with Crippen LogP contribution in [0, 0.1) is 0 Å². The molecule has 0 atom stereocenters. The molecule has 15 heavy (non-hydrogen) atoms. The Hall–Kier alpha value is -2.04. The van der Waals surface area contributed by atoms with E-state index in [9.17, 15) is 5.11 Å². The Morgan fingerprint density at radius 2 is 2.33 bits per heavy atom. The lowest BCUT2D eigenvalue weighted by Gasteiger charge is -2.00. The summed E-state index contributed by atoms with van der Waals surface area (Å²) >= 11 is 0. The number of guanidine groups is 1. The number of aliphatic imine (C=N–C) groups is 1. The first-order valence-corrected chi connectivity index (χ1v) is 4.71. The molecule has 0 unspecified atom stereocenters. The van der Waals surface area contributed by atoms with Gasteiger partial charge in [-0.25, -0.2) is 10.4 Å². The zero-order valence-electron chi connectivity index (χ0n) is 8.14. The van der Waals surface area contributed by atoms with Crippen molar-refractivity contribution in [1.82, 2.24) is 10.7 Å². The largest absolute Gasteiger partial charge is 0.507 e. The van der Waals surface area contributed by atoms with Gasteiger partial charge in [-0.3, -0.25) is 0 Å². The van der Waals surface area contributed by atoms with Crippen LogP contribution in [0.4, 0.5) is 0 Å². The third-order valence-corrected chi connectivity index (χ3v) is 1.99. The molecule has 0 spiro atoms. The fraction of sp³-hybridized carbons (Fsp3) is 0.200. The van der Waals surface area contributed by atoms with Crippen LogP contribution >= 0.6 is 0 Å². The maximum atomic E-state index is 9.44. The topological polar surface area (TPSA) is 69.0 Å². The van der Waals surface area contributed by atoms with Crippen LogP contribution in [0.1, 0.15) is 5.56 Å². The van der Waals surface area contributed by atoms with Gasteiger partial charge in [0.25, 0.3) is 0 Å². The number of hydrogen-bond acceptors (Lipinski definition) is 5. The van der Waals surface area contributed by atoms with E-state index in [2.05, 4.69) is 20.8 Å². The second-order valence-electron chi connectivity index (χ2n) is 3.09. The molecular formula is C10H12N4O. The minimum atomic E-state index is 0.212. The Kier molecular flexibility index (Phi) is 2.82. The van der Waals surface area contributed by atoms with Crippen LogP contribution in [0.3, 0.4) is 0 Å². The molecule has 1 aromatic rings. The van der Waals surface area contributed by atoms with Gasteiger partial charge in [0.2, 0.25) is 5.96 Å². The van der Waals surface area contributed by atoms with Crippen molar-refractivity contribution in [1.29, 1.82) is 0 Å². The van der Waals surface area contributed by atoms with Gasteiger partial charge in [0.05, 0.1) is 12.8 Å². The first-order valence-electron chi connectivity index (χ1n) is 4.71. The SMILES string of the molecule is Oc1ccccc1C=NNC1=NCCN1. The number of hydrogen-bond donors (Lipinski definition) is 3. The van der Waals surface area contributed by atoms with Gasteiger partial charge in [0, 0.05) is 12.1 Å². The molecule has 0 saturated heterocycles. The summed E-state index contributed by atoms with van der Waals surface area (Å²) in [5.41, 5.74) is 3.42. The van der Waals surface area contributed by atoms with E-state index in [0.717, 1.165) is 13.1 Å². The second kappa shape index (κ2) is 4.45. The van der Waals surface area contributed by atoms with E-state index in [1.807, 2.05) is 6.07 Å². The van der Waals surface area contributed by atoms with Gasteiger partial charge in [0.1, 0.15) is 5.75 Å². The van der Waals surface area contributed by atoms with Crippen molar-refractivity contribution < 1.29 is 5.11 Å². The van der Waals surface area contributed by atoms with Gasteiger partial charge in [-0.05, 0) is 12.1 Å². The normalized spacial score (nSPS) is 15.1. The molecule has 0 bridgehead atoms. The molecule has 78 valence electrons. The van der Waals surface area contributed by atoms with Crippen LogP contribution in [0.15, 0.2) is 34.4 Å². The molecule has 0 amide bonds. The predicted octanol–water partition coefficient (Wildman–Crippen LogP) is 0.275. The first-order chi connectivity index (χ1) is 7.36. The minimum absolute atomic E-state index is 0.212. The van der Waals surface area contributed by atoms with E-state index in [1.54, 1.807) is 24.4 Å². The number of para-hydroxylation sites is 1. The van der Waals surface area contributed by atoms with Crippen molar-refractivity contribution in [3.8, 4) is 5.75 Å². The highest BCUT2D eigenvalue weighted by atomic mass is 16.3. The molecule has 2 rings (SSSR count). The lowest BCUT2D eigenvalue weighted by molar-refractivity contribution is 0.474. The van der Waals surface area contributed by atoms with Gasteiger partial charge < -0.3 is 10.4 Å². The maximum Gasteiger partial charge on any atom is 0.212 e. The molecule has 3 N–H and O–H groups in total. The Morgan fingerprint density at radius 3 is 3.07 bits per heavy atom. The maximum absolute atomic E-state index is 9.44. The molecule has 1 heterocycles. The first kappa shape index (κ1) is 9.51. The molecule has 0 fully saturated rings. The fourth-order valence-corrected chi connectivity index (χ4v) is 1.23. The van der Waals surface area contributed by atoms with Crippen LogP contribution < -0.4 is 10.7 Å². The lowest BCUT2D eigenvalue weighted by atomic mass is 10.2. The van der Waals surface area contributed by atoms with E-state index in [-0.39, 0.29) is 5.75 Å². The zero-order chi connectivity index (χ0) is 10.5. The molecular weight excluding hydrogens is 192 g/mol. The van der Waals surface area contributed by atoms with Gasteiger partial charge in [-0.15, -0.1) is 0 Å². The number of benzene rings is 1. The van der Waals surface area contributed by atoms with Crippen LogP contribution in [0.2, 0.25) is 0 Å². The molecule has 5 heteroatoms. The monoisotopic (exact) mass is 204 g/mol. The van der Waals surface area contributed by atoms with E-state index >= 15 is 0 Å². The summed E-state index contributed by atoms with van der Waals surface area (Å²) in [5, 5.41) is 16.4. The molecule has 1 aliphatic heterocycles. The average Bonchev–Trinajstić information content (AvgIpc) is 2.74. The van der Waals surface area contributed by atoms with Crippen molar-refractivity contribution in [2.75, 3.05) is 13.1 Å². The minimum Gasteiger partial charge on any atom is -0.507 e. The number of aromatic hydroxyl groups is 1. The molecule has 5 nitrogen and oxygen atoms in total. The second-order valence-corrected chi connectivity index (χ2v) is 3.09. The van der Waals surface area contributed by atoms with Crippen LogP contribution in [-0.4, -0.2) is 30.4 Å². The summed E-state index contributed by atoms with van der Waals surface area (Å²) in [4.78, 5) is 4.11. The highest BCUT2D eigenvalue weighted by Gasteiger charge is 2.01. The number of phenols is 1. The van der Waals surface area contributed by atoms with Crippen molar-refractivity contribution in [2.24, 2.45) is 10.1 Å². The number of nitrogens with one attached hydrogen (secondary N) is 2. The van der Waals surface area contributed by atoms with Crippen molar-refractivity contribution in [2.45, 2.75) is 0 Å². The number of nitrogens with zero attached hydrogens (tertiary/aromatic N) is 2. The summed E-state index contributed by atoms with van der Waals surface area (Å²) in [7, 11) is 0. The van der Waals surface area contributed by atoms with E-state index in [4.69, 9.17) is 0 Å². The summed E-state index contributed by atoms with van der Waals surface area (Å²) < 4.78 is 0. The third-order valence-electron chi connectivity index (χ3n) is 1.99. The molecule has 1 aliphatic rings. The third kappa shape index (κ3) is 2.46. The molecule has 1 aromatic carbocycles. The van der Waals surface area contributed by atoms with Crippen LogP contribution in [-0.2, 0) is 0 Å². The Morgan fingerprint density at radius 1 is 1.47 bits per heavy atom. The molecule has 0 radical (unpaired) electrons. The molecule has 0 saturated carbocycles. The Labute approximate surface area is 87.5 Å². The van der Waals surface area contributed by atoms with Gasteiger partial charge in [-0.2, -0.15) is 5.10 Å². The highest BCUT2D eigenvalue weighted by molar-refractivity contribution is 5.86. The summed E-state index contributed by atoms with van der Waals surface area (Å²) in [6.45, 7) is 1.61. The van der Waals surface area contributed by atoms with Gasteiger partial charge in [-0.1, -0.05) is 12.1 Å². The van der Waals surface area contributed by atoms with E-state index in [0.29, 0.717) is 11.5 Å². The standard InChI is InChI=1S/C10H12N4O/c15-9-4-2-1-3-8(9)7-13-14-10-11-5-6-12-10/h1-4,7,15H,5-6H2,(H2,11,12,14). The van der Waals surface area contributed by atoms with Crippen LogP contribution in [0.25, 0.3) is 0 Å². The molecule has 0 aliphatic carbocycles.